The first-order valence-electron chi connectivity index (χ1n) is 13.8. The molecule has 34 heavy (non-hydrogen) atoms. The Labute approximate surface area is 248 Å². The average Bonchev–Trinajstić information content (AvgIpc) is 2.87. The van der Waals surface area contributed by atoms with Gasteiger partial charge in [-0.3, -0.25) is 0 Å². The van der Waals surface area contributed by atoms with E-state index in [4.69, 9.17) is 28.6 Å². The van der Waals surface area contributed by atoms with E-state index < -0.39 is 21.0 Å². The maximum Gasteiger partial charge on any atom is 0 e. The molecule has 0 spiro atoms. The van der Waals surface area contributed by atoms with E-state index in [2.05, 4.69) is 40.8 Å². The molecule has 0 aromatic rings. The predicted octanol–water partition coefficient (Wildman–Crippen LogP) is 12.5. The van der Waals surface area contributed by atoms with Crippen molar-refractivity contribution in [1.82, 2.24) is 0 Å². The van der Waals surface area contributed by atoms with E-state index in [0.29, 0.717) is 0 Å². The van der Waals surface area contributed by atoms with Gasteiger partial charge < -0.3 is 13.8 Å². The Morgan fingerprint density at radius 2 is 0.853 bits per heavy atom. The summed E-state index contributed by atoms with van der Waals surface area (Å²) in [6.45, 7) is 13.9. The van der Waals surface area contributed by atoms with E-state index in [1.54, 1.807) is 77.0 Å². The number of unbranched alkanes of at least 4 members (excludes halogenated alkanes) is 2. The molecule has 3 aliphatic rings. The summed E-state index contributed by atoms with van der Waals surface area (Å²) < 4.78 is 0. The van der Waals surface area contributed by atoms with Crippen LogP contribution in [-0.2, 0) is 34.8 Å². The molecule has 0 unspecified atom stereocenters. The van der Waals surface area contributed by atoms with Crippen LogP contribution in [0.5, 0.6) is 0 Å². The first kappa shape index (κ1) is 38.8. The van der Waals surface area contributed by atoms with Crippen molar-refractivity contribution in [1.29, 1.82) is 0 Å². The van der Waals surface area contributed by atoms with Crippen LogP contribution in [0.25, 0.3) is 0 Å². The van der Waals surface area contributed by atoms with Gasteiger partial charge in [0.25, 0.3) is 0 Å². The van der Waals surface area contributed by atoms with Crippen LogP contribution in [0.4, 0.5) is 0 Å². The number of rotatable bonds is 6. The van der Waals surface area contributed by atoms with Gasteiger partial charge in [0.2, 0.25) is 0 Å². The Bertz CT molecular complexity index is 354. The van der Waals surface area contributed by atoms with E-state index >= 15 is 0 Å². The zero-order valence-corrected chi connectivity index (χ0v) is 29.4. The molecule has 215 valence electrons. The van der Waals surface area contributed by atoms with Crippen LogP contribution >= 0.6 is 35.8 Å². The van der Waals surface area contributed by atoms with E-state index in [9.17, 15) is 0 Å². The molecule has 6 heteroatoms. The van der Waals surface area contributed by atoms with Gasteiger partial charge in [-0.05, 0) is 77.0 Å². The Morgan fingerprint density at radius 1 is 0.647 bits per heavy atom. The van der Waals surface area contributed by atoms with Gasteiger partial charge in [0.05, 0.1) is 0 Å². The molecule has 0 radical (unpaired) electrons. The molecule has 0 bridgehead atoms. The van der Waals surface area contributed by atoms with E-state index in [-0.39, 0.29) is 21.1 Å². The van der Waals surface area contributed by atoms with Crippen molar-refractivity contribution in [3.63, 3.8) is 0 Å². The SMILES string of the molecule is C[CH-][P+](C1CCCCC1)(C1CCCCC1)C1CCCCC1.[CH2-]CCC.[CH2-]CCC.[Cl][Pd]([Cl])[Cl].[Pt]. The molecule has 3 saturated carbocycles. The first-order valence-corrected chi connectivity index (χ1v) is 21.9. The van der Waals surface area contributed by atoms with Crippen molar-refractivity contribution >= 4 is 35.8 Å². The van der Waals surface area contributed by atoms with E-state index in [1.807, 2.05) is 0 Å². The molecule has 0 aliphatic heterocycles. The maximum absolute atomic E-state index is 4.92. The zero-order chi connectivity index (χ0) is 25.0. The number of halogens is 3. The molecule has 0 amide bonds. The molecule has 3 aliphatic carbocycles. The van der Waals surface area contributed by atoms with E-state index in [1.165, 1.54) is 32.1 Å². The summed E-state index contributed by atoms with van der Waals surface area (Å²) in [5, 5.41) is 0. The zero-order valence-electron chi connectivity index (χ0n) is 22.4. The largest absolute Gasteiger partial charge is 0 e. The first-order chi connectivity index (χ1) is 15.9. The van der Waals surface area contributed by atoms with Gasteiger partial charge in [-0.25, -0.2) is 0 Å². The summed E-state index contributed by atoms with van der Waals surface area (Å²) in [6, 6.07) is 0. The van der Waals surface area contributed by atoms with Gasteiger partial charge in [-0.2, -0.15) is 25.9 Å². The van der Waals surface area contributed by atoms with Crippen molar-refractivity contribution < 1.29 is 34.8 Å². The van der Waals surface area contributed by atoms with Crippen LogP contribution in [0, 0.1) is 20.0 Å². The summed E-state index contributed by atoms with van der Waals surface area (Å²) in [5.74, 6) is 0. The van der Waals surface area contributed by atoms with Crippen molar-refractivity contribution in [2.24, 2.45) is 0 Å². The Morgan fingerprint density at radius 3 is 1.00 bits per heavy atom. The summed E-state index contributed by atoms with van der Waals surface area (Å²) in [6.07, 6.45) is 30.8. The van der Waals surface area contributed by atoms with Gasteiger partial charge in [0.15, 0.2) is 0 Å². The quantitative estimate of drug-likeness (QED) is 0.142. The van der Waals surface area contributed by atoms with Crippen LogP contribution < -0.4 is 0 Å². The molecular formula is C28H55Cl3PPdPt-2. The normalized spacial score (nSPS) is 20.3. The van der Waals surface area contributed by atoms with Crippen LogP contribution in [-0.4, -0.2) is 17.0 Å². The molecule has 3 rings (SSSR count). The third-order valence-electron chi connectivity index (χ3n) is 7.78. The summed E-state index contributed by atoms with van der Waals surface area (Å²) in [5.41, 5.74) is 3.42. The van der Waals surface area contributed by atoms with Crippen LogP contribution in [0.1, 0.15) is 143 Å². The molecule has 0 aromatic heterocycles. The second kappa shape index (κ2) is 25.9. The van der Waals surface area contributed by atoms with Gasteiger partial charge in [0.1, 0.15) is 0 Å². The average molecular weight is 831 g/mol. The third kappa shape index (κ3) is 15.9. The maximum atomic E-state index is 4.92. The fraction of sp³-hybridized carbons (Fsp3) is 0.893. The fourth-order valence-electron chi connectivity index (χ4n) is 6.11. The van der Waals surface area contributed by atoms with Crippen LogP contribution in [0.15, 0.2) is 0 Å². The van der Waals surface area contributed by atoms with Crippen molar-refractivity contribution in [2.45, 2.75) is 160 Å². The molecule has 0 aromatic carbocycles. The molecular weight excluding hydrogens is 775 g/mol. The Balaban J connectivity index is 0. The number of hydrogen-bond donors (Lipinski definition) is 0. The molecule has 0 nitrogen and oxygen atoms in total. The van der Waals surface area contributed by atoms with Gasteiger partial charge >= 0.3 is 42.3 Å². The standard InChI is InChI=1S/C20H37P.2C4H9.3ClH.Pd.Pt/c1-2-21(18-12-6-3-7-13-18,19-14-8-4-9-15-19)20-16-10-5-11-17-20;2*1-3-4-2;;;;;/h2,18-20H,3-17H2,1H3;2*1,3-4H2,2H3;3*1H;;/q;2*-1;;;;+3;/p-3. The van der Waals surface area contributed by atoms with Gasteiger partial charge in [-0.1, -0.05) is 46.0 Å². The molecule has 0 saturated heterocycles. The Kier molecular flexibility index (Phi) is 29.6. The van der Waals surface area contributed by atoms with Crippen molar-refractivity contribution in [3.05, 3.63) is 20.0 Å². The number of hydrogen-bond acceptors (Lipinski definition) is 0. The molecule has 3 fully saturated rings. The minimum Gasteiger partial charge on any atom is 0 e. The topological polar surface area (TPSA) is 0 Å². The van der Waals surface area contributed by atoms with Crippen molar-refractivity contribution in [3.8, 4) is 0 Å². The second-order valence-corrected chi connectivity index (χ2v) is 21.4. The van der Waals surface area contributed by atoms with Gasteiger partial charge in [0, 0.05) is 38.0 Å². The predicted molar refractivity (Wildman–Crippen MR) is 156 cm³/mol. The molecule has 0 heterocycles. The second-order valence-electron chi connectivity index (χ2n) is 9.87. The molecule has 0 atom stereocenters. The minimum atomic E-state index is -1.57. The monoisotopic (exact) mass is 828 g/mol. The fourth-order valence-corrected chi connectivity index (χ4v) is 12.9. The Hall–Kier alpha value is 2.65. The summed E-state index contributed by atoms with van der Waals surface area (Å²) >= 11 is -1.57. The van der Waals surface area contributed by atoms with Crippen LogP contribution in [0.3, 0.4) is 0 Å². The molecule has 0 N–H and O–H groups in total. The van der Waals surface area contributed by atoms with Gasteiger partial charge in [-0.15, -0.1) is 7.26 Å². The third-order valence-corrected chi connectivity index (χ3v) is 14.0. The smallest absolute Gasteiger partial charge is 0 e. The van der Waals surface area contributed by atoms with Crippen molar-refractivity contribution in [2.75, 3.05) is 0 Å². The minimum absolute atomic E-state index is 0. The van der Waals surface area contributed by atoms with Crippen LogP contribution in [0.2, 0.25) is 0 Å². The van der Waals surface area contributed by atoms with E-state index in [0.717, 1.165) is 29.8 Å². The summed E-state index contributed by atoms with van der Waals surface area (Å²) in [7, 11) is 13.9. The summed E-state index contributed by atoms with van der Waals surface area (Å²) in [4.78, 5) is 0.